The van der Waals surface area contributed by atoms with E-state index in [2.05, 4.69) is 12.2 Å². The lowest BCUT2D eigenvalue weighted by Crippen LogP contribution is -2.40. The normalized spacial score (nSPS) is 37.0. The lowest BCUT2D eigenvalue weighted by Gasteiger charge is -2.26. The van der Waals surface area contributed by atoms with Gasteiger partial charge in [0.15, 0.2) is 0 Å². The van der Waals surface area contributed by atoms with Crippen molar-refractivity contribution in [3.63, 3.8) is 0 Å². The molecule has 3 heteroatoms. The van der Waals surface area contributed by atoms with Gasteiger partial charge in [0, 0.05) is 25.8 Å². The molecule has 2 rings (SSSR count). The summed E-state index contributed by atoms with van der Waals surface area (Å²) in [6, 6.07) is 0.580. The molecule has 3 atom stereocenters. The predicted octanol–water partition coefficient (Wildman–Crippen LogP) is 1.57. The van der Waals surface area contributed by atoms with Gasteiger partial charge in [-0.1, -0.05) is 6.92 Å². The van der Waals surface area contributed by atoms with E-state index in [9.17, 15) is 0 Å². The molecule has 0 amide bonds. The molecule has 2 heterocycles. The summed E-state index contributed by atoms with van der Waals surface area (Å²) in [5, 5.41) is 3.62. The molecule has 0 aliphatic carbocycles. The summed E-state index contributed by atoms with van der Waals surface area (Å²) in [6.07, 6.45) is 5.33. The molecule has 3 unspecified atom stereocenters. The summed E-state index contributed by atoms with van der Waals surface area (Å²) in [5.41, 5.74) is 0. The van der Waals surface area contributed by atoms with E-state index in [0.717, 1.165) is 38.7 Å². The molecule has 1 N–H and O–H groups in total. The highest BCUT2D eigenvalue weighted by atomic mass is 16.5. The van der Waals surface area contributed by atoms with Gasteiger partial charge in [-0.3, -0.25) is 0 Å². The second-order valence-electron chi connectivity index (χ2n) is 4.69. The van der Waals surface area contributed by atoms with Crippen molar-refractivity contribution in [3.05, 3.63) is 0 Å². The first-order valence-electron chi connectivity index (χ1n) is 6.33. The summed E-state index contributed by atoms with van der Waals surface area (Å²) in [4.78, 5) is 0. The van der Waals surface area contributed by atoms with Crippen LogP contribution in [0.1, 0.15) is 32.6 Å². The number of ether oxygens (including phenoxy) is 2. The van der Waals surface area contributed by atoms with Gasteiger partial charge < -0.3 is 14.8 Å². The van der Waals surface area contributed by atoms with Crippen LogP contribution < -0.4 is 5.32 Å². The van der Waals surface area contributed by atoms with Crippen molar-refractivity contribution in [1.82, 2.24) is 5.32 Å². The van der Waals surface area contributed by atoms with Crippen LogP contribution in [0.2, 0.25) is 0 Å². The highest BCUT2D eigenvalue weighted by Crippen LogP contribution is 2.22. The van der Waals surface area contributed by atoms with Gasteiger partial charge in [-0.15, -0.1) is 0 Å². The van der Waals surface area contributed by atoms with Gasteiger partial charge in [-0.05, 0) is 31.6 Å². The average Bonchev–Trinajstić information content (AvgIpc) is 2.75. The van der Waals surface area contributed by atoms with Crippen LogP contribution in [0.5, 0.6) is 0 Å². The van der Waals surface area contributed by atoms with Gasteiger partial charge in [0.05, 0.1) is 12.7 Å². The highest BCUT2D eigenvalue weighted by molar-refractivity contribution is 4.79. The Morgan fingerprint density at radius 2 is 2.20 bits per heavy atom. The Balaban J connectivity index is 1.67. The topological polar surface area (TPSA) is 30.5 Å². The maximum atomic E-state index is 5.68. The molecule has 0 bridgehead atoms. The van der Waals surface area contributed by atoms with Crippen LogP contribution in [-0.4, -0.2) is 38.5 Å². The Hall–Kier alpha value is -0.120. The van der Waals surface area contributed by atoms with E-state index in [1.54, 1.807) is 0 Å². The second kappa shape index (κ2) is 5.83. The molecule has 0 saturated carbocycles. The molecule has 2 saturated heterocycles. The van der Waals surface area contributed by atoms with E-state index in [-0.39, 0.29) is 0 Å². The summed E-state index contributed by atoms with van der Waals surface area (Å²) < 4.78 is 11.1. The Morgan fingerprint density at radius 1 is 1.27 bits per heavy atom. The van der Waals surface area contributed by atoms with Crippen LogP contribution in [0, 0.1) is 5.92 Å². The van der Waals surface area contributed by atoms with E-state index in [1.807, 2.05) is 0 Å². The fourth-order valence-electron chi connectivity index (χ4n) is 2.60. The molecule has 0 radical (unpaired) electrons. The third kappa shape index (κ3) is 3.16. The fraction of sp³-hybridized carbons (Fsp3) is 1.00. The predicted molar refractivity (Wildman–Crippen MR) is 60.0 cm³/mol. The summed E-state index contributed by atoms with van der Waals surface area (Å²) in [5.74, 6) is 0.719. The van der Waals surface area contributed by atoms with Crippen molar-refractivity contribution in [1.29, 1.82) is 0 Å². The number of hydrogen-bond donors (Lipinski definition) is 1. The fourth-order valence-corrected chi connectivity index (χ4v) is 2.60. The first-order valence-corrected chi connectivity index (χ1v) is 6.33. The van der Waals surface area contributed by atoms with E-state index in [1.165, 1.54) is 19.3 Å². The van der Waals surface area contributed by atoms with Crippen LogP contribution >= 0.6 is 0 Å². The smallest absolute Gasteiger partial charge is 0.0619 e. The summed E-state index contributed by atoms with van der Waals surface area (Å²) >= 11 is 0. The minimum atomic E-state index is 0.488. The monoisotopic (exact) mass is 213 g/mol. The highest BCUT2D eigenvalue weighted by Gasteiger charge is 2.27. The Bertz CT molecular complexity index is 180. The first kappa shape index (κ1) is 11.4. The molecule has 3 nitrogen and oxygen atoms in total. The molecule has 0 spiro atoms. The zero-order chi connectivity index (χ0) is 10.5. The molecule has 0 aromatic rings. The molecule has 2 aliphatic rings. The molecule has 0 aromatic carbocycles. The zero-order valence-electron chi connectivity index (χ0n) is 9.71. The van der Waals surface area contributed by atoms with Crippen molar-refractivity contribution in [3.8, 4) is 0 Å². The molecular formula is C12H23NO2. The maximum absolute atomic E-state index is 5.68. The van der Waals surface area contributed by atoms with E-state index in [0.29, 0.717) is 12.1 Å². The van der Waals surface area contributed by atoms with Crippen LogP contribution in [0.25, 0.3) is 0 Å². The Labute approximate surface area is 92.5 Å². The van der Waals surface area contributed by atoms with Crippen molar-refractivity contribution >= 4 is 0 Å². The first-order chi connectivity index (χ1) is 7.40. The lowest BCUT2D eigenvalue weighted by molar-refractivity contribution is 0.0621. The number of hydrogen-bond acceptors (Lipinski definition) is 3. The van der Waals surface area contributed by atoms with Crippen molar-refractivity contribution in [2.24, 2.45) is 5.92 Å². The molecular weight excluding hydrogens is 190 g/mol. The van der Waals surface area contributed by atoms with Crippen LogP contribution in [0.3, 0.4) is 0 Å². The summed E-state index contributed by atoms with van der Waals surface area (Å²) in [6.45, 7) is 6.11. The van der Waals surface area contributed by atoms with E-state index < -0.39 is 0 Å². The number of nitrogens with one attached hydrogen (secondary N) is 1. The Kier molecular flexibility index (Phi) is 4.42. The van der Waals surface area contributed by atoms with Crippen molar-refractivity contribution in [2.75, 3.05) is 26.4 Å². The SMILES string of the molecule is CCC1OCCC1CNC1CCCOC1. The minimum absolute atomic E-state index is 0.488. The van der Waals surface area contributed by atoms with Gasteiger partial charge in [0.25, 0.3) is 0 Å². The standard InChI is InChI=1S/C12H23NO2/c1-2-12-10(5-7-15-12)8-13-11-4-3-6-14-9-11/h10-13H,2-9H2,1H3. The third-order valence-electron chi connectivity index (χ3n) is 3.58. The van der Waals surface area contributed by atoms with E-state index >= 15 is 0 Å². The average molecular weight is 213 g/mol. The van der Waals surface area contributed by atoms with Gasteiger partial charge in [0.2, 0.25) is 0 Å². The van der Waals surface area contributed by atoms with Crippen molar-refractivity contribution < 1.29 is 9.47 Å². The van der Waals surface area contributed by atoms with Crippen LogP contribution in [0.4, 0.5) is 0 Å². The largest absolute Gasteiger partial charge is 0.380 e. The number of rotatable bonds is 4. The third-order valence-corrected chi connectivity index (χ3v) is 3.58. The molecule has 2 aliphatic heterocycles. The zero-order valence-corrected chi connectivity index (χ0v) is 9.71. The van der Waals surface area contributed by atoms with Crippen LogP contribution in [0.15, 0.2) is 0 Å². The van der Waals surface area contributed by atoms with E-state index in [4.69, 9.17) is 9.47 Å². The van der Waals surface area contributed by atoms with Gasteiger partial charge in [0.1, 0.15) is 0 Å². The molecule has 0 aromatic heterocycles. The van der Waals surface area contributed by atoms with Crippen molar-refractivity contribution in [2.45, 2.75) is 44.8 Å². The van der Waals surface area contributed by atoms with Crippen LogP contribution in [-0.2, 0) is 9.47 Å². The minimum Gasteiger partial charge on any atom is -0.380 e. The Morgan fingerprint density at radius 3 is 2.93 bits per heavy atom. The van der Waals surface area contributed by atoms with Gasteiger partial charge >= 0.3 is 0 Å². The van der Waals surface area contributed by atoms with Gasteiger partial charge in [-0.2, -0.15) is 0 Å². The summed E-state index contributed by atoms with van der Waals surface area (Å²) in [7, 11) is 0. The maximum Gasteiger partial charge on any atom is 0.0619 e. The second-order valence-corrected chi connectivity index (χ2v) is 4.69. The lowest BCUT2D eigenvalue weighted by atomic mass is 9.99. The quantitative estimate of drug-likeness (QED) is 0.769. The molecule has 2 fully saturated rings. The molecule has 88 valence electrons. The molecule has 15 heavy (non-hydrogen) atoms. The van der Waals surface area contributed by atoms with Gasteiger partial charge in [-0.25, -0.2) is 0 Å².